The first-order chi connectivity index (χ1) is 15.8. The SMILES string of the molecule is COc1cc(/C=N\NC(=O)CN(c2cc(C(F)(F)F)ccc2Cl)S(C)(=O)=O)cc(OC)c1OC. The zero-order valence-corrected chi connectivity index (χ0v) is 20.0. The predicted octanol–water partition coefficient (Wildman–Crippen LogP) is 3.30. The molecule has 0 fully saturated rings. The summed E-state index contributed by atoms with van der Waals surface area (Å²) in [6.07, 6.45) is -2.78. The Bertz CT molecular complexity index is 1160. The maximum absolute atomic E-state index is 13.1. The van der Waals surface area contributed by atoms with Gasteiger partial charge in [-0.15, -0.1) is 0 Å². The molecule has 0 unspecified atom stereocenters. The van der Waals surface area contributed by atoms with Crippen molar-refractivity contribution in [3.8, 4) is 17.2 Å². The molecule has 0 spiro atoms. The van der Waals surface area contributed by atoms with Crippen LogP contribution in [0.4, 0.5) is 18.9 Å². The molecule has 0 aliphatic heterocycles. The number of carbonyl (C=O) groups is 1. The van der Waals surface area contributed by atoms with Gasteiger partial charge in [-0.2, -0.15) is 18.3 Å². The summed E-state index contributed by atoms with van der Waals surface area (Å²) in [5.74, 6) is 0.0738. The Morgan fingerprint density at radius 2 is 1.71 bits per heavy atom. The van der Waals surface area contributed by atoms with Gasteiger partial charge in [0.05, 0.1) is 50.1 Å². The number of benzene rings is 2. The molecular formula is C20H21ClF3N3O6S. The molecule has 0 saturated carbocycles. The van der Waals surface area contributed by atoms with Crippen LogP contribution in [0.3, 0.4) is 0 Å². The predicted molar refractivity (Wildman–Crippen MR) is 120 cm³/mol. The van der Waals surface area contributed by atoms with E-state index in [9.17, 15) is 26.4 Å². The van der Waals surface area contributed by atoms with Gasteiger partial charge in [0.25, 0.3) is 5.91 Å². The number of hydrogen-bond acceptors (Lipinski definition) is 7. The van der Waals surface area contributed by atoms with Gasteiger partial charge in [-0.25, -0.2) is 13.8 Å². The van der Waals surface area contributed by atoms with Crippen LogP contribution < -0.4 is 23.9 Å². The van der Waals surface area contributed by atoms with E-state index < -0.39 is 39.9 Å². The van der Waals surface area contributed by atoms with E-state index in [4.69, 9.17) is 25.8 Å². The smallest absolute Gasteiger partial charge is 0.416 e. The lowest BCUT2D eigenvalue weighted by atomic mass is 10.2. The Morgan fingerprint density at radius 1 is 1.12 bits per heavy atom. The van der Waals surface area contributed by atoms with E-state index in [1.807, 2.05) is 0 Å². The number of hydrogen-bond donors (Lipinski definition) is 1. The number of methoxy groups -OCH3 is 3. The minimum atomic E-state index is -4.74. The van der Waals surface area contributed by atoms with Crippen LogP contribution in [0.15, 0.2) is 35.4 Å². The molecule has 9 nitrogen and oxygen atoms in total. The second kappa shape index (κ2) is 10.8. The quantitative estimate of drug-likeness (QED) is 0.399. The van der Waals surface area contributed by atoms with Crippen LogP contribution in [0, 0.1) is 0 Å². The van der Waals surface area contributed by atoms with Crippen molar-refractivity contribution < 1.29 is 40.6 Å². The fourth-order valence-corrected chi connectivity index (χ4v) is 3.91. The van der Waals surface area contributed by atoms with Crippen LogP contribution in [0.1, 0.15) is 11.1 Å². The lowest BCUT2D eigenvalue weighted by Crippen LogP contribution is -2.39. The summed E-state index contributed by atoms with van der Waals surface area (Å²) in [5, 5.41) is 3.46. The van der Waals surface area contributed by atoms with E-state index in [1.165, 1.54) is 27.5 Å². The highest BCUT2D eigenvalue weighted by molar-refractivity contribution is 7.92. The molecule has 2 aromatic rings. The average Bonchev–Trinajstić information content (AvgIpc) is 2.75. The van der Waals surface area contributed by atoms with Gasteiger partial charge in [0, 0.05) is 5.56 Å². The van der Waals surface area contributed by atoms with E-state index in [0.29, 0.717) is 39.2 Å². The first kappa shape index (κ1) is 27.1. The van der Waals surface area contributed by atoms with Gasteiger partial charge in [0.2, 0.25) is 15.8 Å². The van der Waals surface area contributed by atoms with Crippen molar-refractivity contribution >= 4 is 39.4 Å². The summed E-state index contributed by atoms with van der Waals surface area (Å²) in [6, 6.07) is 5.24. The molecule has 0 heterocycles. The molecule has 1 N–H and O–H groups in total. The second-order valence-electron chi connectivity index (χ2n) is 6.69. The number of sulfonamides is 1. The van der Waals surface area contributed by atoms with Gasteiger partial charge in [0.15, 0.2) is 11.5 Å². The number of hydrazone groups is 1. The number of ether oxygens (including phenoxy) is 3. The topological polar surface area (TPSA) is 107 Å². The zero-order valence-electron chi connectivity index (χ0n) is 18.4. The van der Waals surface area contributed by atoms with Crippen LogP contribution in [0.5, 0.6) is 17.2 Å². The van der Waals surface area contributed by atoms with Crippen molar-refractivity contribution in [2.45, 2.75) is 6.18 Å². The molecule has 2 rings (SSSR count). The summed E-state index contributed by atoms with van der Waals surface area (Å²) in [6.45, 7) is -0.869. The van der Waals surface area contributed by atoms with Crippen LogP contribution in [-0.2, 0) is 21.0 Å². The number of rotatable bonds is 9. The highest BCUT2D eigenvalue weighted by atomic mass is 35.5. The highest BCUT2D eigenvalue weighted by Crippen LogP contribution is 2.38. The van der Waals surface area contributed by atoms with Gasteiger partial charge in [-0.05, 0) is 30.3 Å². The van der Waals surface area contributed by atoms with Crippen LogP contribution >= 0.6 is 11.6 Å². The fourth-order valence-electron chi connectivity index (χ4n) is 2.78. The molecule has 0 aliphatic carbocycles. The average molecular weight is 524 g/mol. The summed E-state index contributed by atoms with van der Waals surface area (Å²) in [7, 11) is 0.0810. The molecule has 0 bridgehead atoms. The normalized spacial score (nSPS) is 11.9. The standard InChI is InChI=1S/C20H21ClF3N3O6S/c1-31-16-7-12(8-17(32-2)19(16)33-3)10-25-26-18(28)11-27(34(4,29)30)15-9-13(20(22,23)24)5-6-14(15)21/h5-10H,11H2,1-4H3,(H,26,28)/b25-10-. The summed E-state index contributed by atoms with van der Waals surface area (Å²) in [5.41, 5.74) is 0.937. The van der Waals surface area contributed by atoms with E-state index in [0.717, 1.165) is 12.3 Å². The Kier molecular flexibility index (Phi) is 8.61. The van der Waals surface area contributed by atoms with Crippen molar-refractivity contribution in [1.29, 1.82) is 0 Å². The summed E-state index contributed by atoms with van der Waals surface area (Å²) >= 11 is 5.93. The maximum atomic E-state index is 13.1. The number of alkyl halides is 3. The Balaban J connectivity index is 2.26. The molecular weight excluding hydrogens is 503 g/mol. The highest BCUT2D eigenvalue weighted by Gasteiger charge is 2.33. The number of nitrogens with one attached hydrogen (secondary N) is 1. The zero-order chi connectivity index (χ0) is 25.7. The number of amides is 1. The van der Waals surface area contributed by atoms with E-state index in [2.05, 4.69) is 10.5 Å². The minimum absolute atomic E-state index is 0.285. The molecule has 2 aromatic carbocycles. The van der Waals surface area contributed by atoms with E-state index in [-0.39, 0.29) is 5.02 Å². The second-order valence-corrected chi connectivity index (χ2v) is 9.00. The van der Waals surface area contributed by atoms with Gasteiger partial charge < -0.3 is 14.2 Å². The van der Waals surface area contributed by atoms with Crippen molar-refractivity contribution in [2.75, 3.05) is 38.4 Å². The Morgan fingerprint density at radius 3 is 2.18 bits per heavy atom. The lowest BCUT2D eigenvalue weighted by Gasteiger charge is -2.23. The lowest BCUT2D eigenvalue weighted by molar-refractivity contribution is -0.137. The molecule has 34 heavy (non-hydrogen) atoms. The summed E-state index contributed by atoms with van der Waals surface area (Å²) in [4.78, 5) is 12.3. The van der Waals surface area contributed by atoms with Gasteiger partial charge in [-0.1, -0.05) is 11.6 Å². The van der Waals surface area contributed by atoms with Crippen molar-refractivity contribution in [2.24, 2.45) is 5.10 Å². The van der Waals surface area contributed by atoms with E-state index in [1.54, 1.807) is 12.1 Å². The monoisotopic (exact) mass is 523 g/mol. The van der Waals surface area contributed by atoms with Gasteiger partial charge >= 0.3 is 6.18 Å². The first-order valence-corrected chi connectivity index (χ1v) is 11.5. The third kappa shape index (κ3) is 6.67. The molecule has 0 aliphatic rings. The third-order valence-electron chi connectivity index (χ3n) is 4.32. The maximum Gasteiger partial charge on any atom is 0.416 e. The molecule has 0 saturated heterocycles. The Labute approximate surface area is 199 Å². The first-order valence-electron chi connectivity index (χ1n) is 9.28. The minimum Gasteiger partial charge on any atom is -0.493 e. The van der Waals surface area contributed by atoms with Crippen LogP contribution in [0.2, 0.25) is 5.02 Å². The largest absolute Gasteiger partial charge is 0.493 e. The number of halogens is 4. The number of anilines is 1. The molecule has 0 radical (unpaired) electrons. The van der Waals surface area contributed by atoms with Gasteiger partial charge in [-0.3, -0.25) is 9.10 Å². The van der Waals surface area contributed by atoms with E-state index >= 15 is 0 Å². The summed E-state index contributed by atoms with van der Waals surface area (Å²) < 4.78 is 79.7. The van der Waals surface area contributed by atoms with Crippen molar-refractivity contribution in [3.05, 3.63) is 46.5 Å². The molecule has 0 aromatic heterocycles. The van der Waals surface area contributed by atoms with Crippen molar-refractivity contribution in [1.82, 2.24) is 5.43 Å². The van der Waals surface area contributed by atoms with Crippen molar-refractivity contribution in [3.63, 3.8) is 0 Å². The number of carbonyl (C=O) groups excluding carboxylic acids is 1. The molecule has 0 atom stereocenters. The third-order valence-corrected chi connectivity index (χ3v) is 5.77. The van der Waals surface area contributed by atoms with Gasteiger partial charge in [0.1, 0.15) is 6.54 Å². The molecule has 186 valence electrons. The van der Waals surface area contributed by atoms with Crippen LogP contribution in [-0.4, -0.2) is 54.7 Å². The fraction of sp³-hybridized carbons (Fsp3) is 0.300. The Hall–Kier alpha value is -3.19. The van der Waals surface area contributed by atoms with Crippen LogP contribution in [0.25, 0.3) is 0 Å². The number of nitrogens with zero attached hydrogens (tertiary/aromatic N) is 2. The molecule has 14 heteroatoms. The molecule has 1 amide bonds.